The van der Waals surface area contributed by atoms with E-state index in [1.807, 2.05) is 42.2 Å². The lowest BCUT2D eigenvalue weighted by atomic mass is 9.44. The average molecular weight is 681 g/mol. The Morgan fingerprint density at radius 2 is 1.64 bits per heavy atom. The summed E-state index contributed by atoms with van der Waals surface area (Å²) in [4.78, 5) is 31.7. The van der Waals surface area contributed by atoms with Gasteiger partial charge in [-0.25, -0.2) is 0 Å². The number of nitrogens with one attached hydrogen (secondary N) is 1. The van der Waals surface area contributed by atoms with Gasteiger partial charge in [-0.15, -0.1) is 0 Å². The minimum absolute atomic E-state index is 0.0841. The monoisotopic (exact) mass is 680 g/mol. The van der Waals surface area contributed by atoms with Crippen molar-refractivity contribution in [3.05, 3.63) is 71.3 Å². The minimum atomic E-state index is -0.716. The maximum atomic E-state index is 14.1. The molecule has 4 aliphatic carbocycles. The number of carbonyl (C=O) groups excluding carboxylic acids is 2. The largest absolute Gasteiger partial charge is 0.393 e. The molecule has 4 saturated carbocycles. The molecule has 0 radical (unpaired) electrons. The Balaban J connectivity index is 1.02. The Morgan fingerprint density at radius 1 is 0.940 bits per heavy atom. The number of nitriles is 1. The van der Waals surface area contributed by atoms with Crippen molar-refractivity contribution in [2.75, 3.05) is 26.2 Å². The van der Waals surface area contributed by atoms with E-state index in [0.29, 0.717) is 73.3 Å². The predicted octanol–water partition coefficient (Wildman–Crippen LogP) is 5.42. The van der Waals surface area contributed by atoms with E-state index in [4.69, 9.17) is 5.26 Å². The van der Waals surface area contributed by atoms with E-state index in [-0.39, 0.29) is 40.9 Å². The van der Waals surface area contributed by atoms with Gasteiger partial charge in [-0.1, -0.05) is 44.2 Å². The number of fused-ring (bicyclic) bond motifs is 5. The molecule has 0 spiro atoms. The summed E-state index contributed by atoms with van der Waals surface area (Å²) in [5.41, 5.74) is 2.32. The summed E-state index contributed by atoms with van der Waals surface area (Å²) in [6, 6.07) is 17.7. The van der Waals surface area contributed by atoms with Gasteiger partial charge in [0.2, 0.25) is 5.91 Å². The van der Waals surface area contributed by atoms with E-state index in [0.717, 1.165) is 24.8 Å². The molecule has 50 heavy (non-hydrogen) atoms. The normalized spacial score (nSPS) is 36.6. The van der Waals surface area contributed by atoms with E-state index in [1.165, 1.54) is 32.1 Å². The SMILES string of the molecule is C[C@@H](O)[C@H]1CC[C@H]2[C@@H]3CC[C@H]4C[C@H](O)[C@@H](N5CCN(C(=O)[C@@H](Cc6ccccc6)NC(=O)c6ccc(C#N)cc6)CC5)C[C@]4(C)[C@H]3CC[C@]12C. The van der Waals surface area contributed by atoms with Gasteiger partial charge in [0, 0.05) is 44.2 Å². The van der Waals surface area contributed by atoms with Crippen LogP contribution in [0.1, 0.15) is 93.6 Å². The van der Waals surface area contributed by atoms with E-state index < -0.39 is 6.04 Å². The first kappa shape index (κ1) is 35.2. The summed E-state index contributed by atoms with van der Waals surface area (Å²) in [7, 11) is 0. The van der Waals surface area contributed by atoms with Crippen LogP contribution in [-0.4, -0.2) is 82.3 Å². The van der Waals surface area contributed by atoms with Crippen LogP contribution in [0.25, 0.3) is 0 Å². The zero-order chi connectivity index (χ0) is 35.2. The summed E-state index contributed by atoms with van der Waals surface area (Å²) >= 11 is 0. The Morgan fingerprint density at radius 3 is 2.32 bits per heavy atom. The molecule has 5 aliphatic rings. The predicted molar refractivity (Wildman–Crippen MR) is 193 cm³/mol. The van der Waals surface area contributed by atoms with Gasteiger partial charge in [-0.2, -0.15) is 5.26 Å². The van der Waals surface area contributed by atoms with Crippen molar-refractivity contribution < 1.29 is 19.8 Å². The van der Waals surface area contributed by atoms with Crippen LogP contribution in [0.3, 0.4) is 0 Å². The summed E-state index contributed by atoms with van der Waals surface area (Å²) in [5.74, 6) is 2.63. The third-order valence-electron chi connectivity index (χ3n) is 14.6. The molecule has 5 fully saturated rings. The first-order valence-electron chi connectivity index (χ1n) is 19.3. The lowest BCUT2D eigenvalue weighted by molar-refractivity contribution is -0.156. The maximum Gasteiger partial charge on any atom is 0.251 e. The number of piperazine rings is 1. The number of amides is 2. The van der Waals surface area contributed by atoms with Crippen LogP contribution in [0.15, 0.2) is 54.6 Å². The number of nitrogens with zero attached hydrogens (tertiary/aromatic N) is 3. The van der Waals surface area contributed by atoms with Crippen molar-refractivity contribution in [3.8, 4) is 6.07 Å². The molecule has 2 aromatic carbocycles. The summed E-state index contributed by atoms with van der Waals surface area (Å²) in [6.07, 6.45) is 8.97. The van der Waals surface area contributed by atoms with Crippen LogP contribution < -0.4 is 5.32 Å². The molecule has 0 aromatic heterocycles. The number of carbonyl (C=O) groups is 2. The molecule has 11 atom stereocenters. The first-order chi connectivity index (χ1) is 24.0. The summed E-state index contributed by atoms with van der Waals surface area (Å²) < 4.78 is 0. The highest BCUT2D eigenvalue weighted by Gasteiger charge is 2.62. The van der Waals surface area contributed by atoms with Gasteiger partial charge < -0.3 is 20.4 Å². The molecular weight excluding hydrogens is 624 g/mol. The van der Waals surface area contributed by atoms with Gasteiger partial charge in [0.15, 0.2) is 0 Å². The third kappa shape index (κ3) is 6.39. The van der Waals surface area contributed by atoms with Crippen LogP contribution in [0.5, 0.6) is 0 Å². The number of hydrogen-bond acceptors (Lipinski definition) is 6. The number of hydrogen-bond donors (Lipinski definition) is 3. The fraction of sp³-hybridized carbons (Fsp3) is 0.643. The van der Waals surface area contributed by atoms with Crippen LogP contribution in [0.2, 0.25) is 0 Å². The van der Waals surface area contributed by atoms with Crippen LogP contribution >= 0.6 is 0 Å². The highest BCUT2D eigenvalue weighted by molar-refractivity contribution is 5.97. The van der Waals surface area contributed by atoms with Gasteiger partial charge in [0.1, 0.15) is 6.04 Å². The second-order valence-corrected chi connectivity index (χ2v) is 17.0. The van der Waals surface area contributed by atoms with E-state index in [1.54, 1.807) is 24.3 Å². The van der Waals surface area contributed by atoms with Crippen LogP contribution in [0, 0.1) is 51.8 Å². The van der Waals surface area contributed by atoms with E-state index in [2.05, 4.69) is 30.1 Å². The van der Waals surface area contributed by atoms with Crippen molar-refractivity contribution in [2.45, 2.75) is 103 Å². The molecule has 1 aliphatic heterocycles. The molecule has 1 saturated heterocycles. The number of benzene rings is 2. The smallest absolute Gasteiger partial charge is 0.251 e. The van der Waals surface area contributed by atoms with Crippen molar-refractivity contribution in [2.24, 2.45) is 40.4 Å². The highest BCUT2D eigenvalue weighted by atomic mass is 16.3. The van der Waals surface area contributed by atoms with Crippen molar-refractivity contribution in [3.63, 3.8) is 0 Å². The topological polar surface area (TPSA) is 117 Å². The molecule has 2 aromatic rings. The second kappa shape index (κ2) is 14.1. The Kier molecular flexibility index (Phi) is 9.88. The Labute approximate surface area is 298 Å². The molecular formula is C42H56N4O4. The minimum Gasteiger partial charge on any atom is -0.393 e. The van der Waals surface area contributed by atoms with Gasteiger partial charge in [-0.3, -0.25) is 14.5 Å². The number of aliphatic hydroxyl groups excluding tert-OH is 2. The quantitative estimate of drug-likeness (QED) is 0.360. The lowest BCUT2D eigenvalue weighted by Crippen LogP contribution is -2.63. The molecule has 0 bridgehead atoms. The molecule has 8 heteroatoms. The third-order valence-corrected chi connectivity index (χ3v) is 14.6. The molecule has 3 N–H and O–H groups in total. The molecule has 0 unspecified atom stereocenters. The molecule has 1 heterocycles. The number of aliphatic hydroxyl groups is 2. The van der Waals surface area contributed by atoms with Crippen LogP contribution in [0.4, 0.5) is 0 Å². The Hall–Kier alpha value is -3.25. The second-order valence-electron chi connectivity index (χ2n) is 17.0. The van der Waals surface area contributed by atoms with Gasteiger partial charge >= 0.3 is 0 Å². The zero-order valence-corrected chi connectivity index (χ0v) is 30.1. The van der Waals surface area contributed by atoms with Crippen molar-refractivity contribution in [1.82, 2.24) is 15.1 Å². The fourth-order valence-corrected chi connectivity index (χ4v) is 12.0. The molecule has 7 rings (SSSR count). The van der Waals surface area contributed by atoms with Gasteiger partial charge in [0.05, 0.1) is 23.8 Å². The first-order valence-corrected chi connectivity index (χ1v) is 19.3. The van der Waals surface area contributed by atoms with E-state index in [9.17, 15) is 19.8 Å². The van der Waals surface area contributed by atoms with Crippen molar-refractivity contribution >= 4 is 11.8 Å². The molecule has 8 nitrogen and oxygen atoms in total. The lowest BCUT2D eigenvalue weighted by Gasteiger charge is -2.63. The highest BCUT2D eigenvalue weighted by Crippen LogP contribution is 2.68. The maximum absolute atomic E-state index is 14.1. The zero-order valence-electron chi connectivity index (χ0n) is 30.1. The summed E-state index contributed by atoms with van der Waals surface area (Å²) in [5, 5.41) is 34.4. The van der Waals surface area contributed by atoms with Crippen molar-refractivity contribution in [1.29, 1.82) is 5.26 Å². The average Bonchev–Trinajstić information content (AvgIpc) is 3.49. The van der Waals surface area contributed by atoms with E-state index >= 15 is 0 Å². The summed E-state index contributed by atoms with van der Waals surface area (Å²) in [6.45, 7) is 9.56. The van der Waals surface area contributed by atoms with Crippen LogP contribution in [-0.2, 0) is 11.2 Å². The molecule has 268 valence electrons. The Bertz CT molecular complexity index is 1570. The fourth-order valence-electron chi connectivity index (χ4n) is 12.0. The number of rotatable bonds is 7. The van der Waals surface area contributed by atoms with Gasteiger partial charge in [0.25, 0.3) is 5.91 Å². The standard InChI is InChI=1S/C42H56N4O4/c1-27(47)33-15-16-34-32-14-13-31-24-38(48)37(25-42(31,3)35(32)17-18-41(33,34)2)45-19-21-46(22-20-45)40(50)36(23-28-7-5-4-6-8-28)44-39(49)30-11-9-29(26-43)10-12-30/h4-12,27,31-38,47-48H,13-25H2,1-3H3,(H,44,49)/t27-,31+,32+,33-,34+,35+,36-,37+,38+,41-,42+/m1/s1. The molecule has 2 amide bonds. The van der Waals surface area contributed by atoms with Gasteiger partial charge in [-0.05, 0) is 129 Å².